The zero-order valence-electron chi connectivity index (χ0n) is 11.6. The zero-order chi connectivity index (χ0) is 13.1. The van der Waals surface area contributed by atoms with E-state index in [2.05, 4.69) is 41.0 Å². The molecule has 0 spiro atoms. The van der Waals surface area contributed by atoms with Gasteiger partial charge in [-0.25, -0.2) is 0 Å². The monoisotopic (exact) mass is 252 g/mol. The van der Waals surface area contributed by atoms with Gasteiger partial charge >= 0.3 is 0 Å². The largest absolute Gasteiger partial charge is 0.325 e. The normalized spacial score (nSPS) is 26.7. The van der Waals surface area contributed by atoms with E-state index in [0.717, 1.165) is 31.9 Å². The lowest BCUT2D eigenvalue weighted by Gasteiger charge is -2.42. The van der Waals surface area contributed by atoms with Gasteiger partial charge in [0.25, 0.3) is 0 Å². The van der Waals surface area contributed by atoms with Gasteiger partial charge in [0.05, 0.1) is 12.2 Å². The van der Waals surface area contributed by atoms with Crippen molar-refractivity contribution in [2.45, 2.75) is 39.0 Å². The van der Waals surface area contributed by atoms with Gasteiger partial charge in [-0.15, -0.1) is 5.10 Å². The van der Waals surface area contributed by atoms with Crippen molar-refractivity contribution < 1.29 is 0 Å². The van der Waals surface area contributed by atoms with Crippen LogP contribution in [0, 0.1) is 0 Å². The van der Waals surface area contributed by atoms with E-state index in [1.807, 2.05) is 10.9 Å². The highest BCUT2D eigenvalue weighted by Crippen LogP contribution is 2.12. The summed E-state index contributed by atoms with van der Waals surface area (Å²) in [6, 6.07) is 1.23. The van der Waals surface area contributed by atoms with E-state index < -0.39 is 0 Å². The number of piperazine rings is 1. The molecule has 0 aliphatic carbocycles. The molecule has 6 heteroatoms. The molecule has 102 valence electrons. The highest BCUT2D eigenvalue weighted by molar-refractivity contribution is 4.90. The van der Waals surface area contributed by atoms with Crippen LogP contribution in [0.1, 0.15) is 19.5 Å². The third kappa shape index (κ3) is 3.07. The van der Waals surface area contributed by atoms with Gasteiger partial charge in [0.1, 0.15) is 0 Å². The number of aromatic nitrogens is 3. The second kappa shape index (κ2) is 5.77. The fourth-order valence-electron chi connectivity index (χ4n) is 2.48. The van der Waals surface area contributed by atoms with Gasteiger partial charge < -0.3 is 5.73 Å². The zero-order valence-corrected chi connectivity index (χ0v) is 11.6. The average Bonchev–Trinajstić information content (AvgIpc) is 2.81. The summed E-state index contributed by atoms with van der Waals surface area (Å²) in [7, 11) is 2.21. The Bertz CT molecular complexity index is 364. The molecule has 0 saturated carbocycles. The number of nitrogens with zero attached hydrogens (tertiary/aromatic N) is 5. The summed E-state index contributed by atoms with van der Waals surface area (Å²) in [5.41, 5.74) is 6.38. The number of likely N-dealkylation sites (N-methyl/N-ethyl adjacent to an activating group) is 1. The van der Waals surface area contributed by atoms with E-state index in [9.17, 15) is 0 Å². The van der Waals surface area contributed by atoms with Crippen molar-refractivity contribution >= 4 is 0 Å². The van der Waals surface area contributed by atoms with E-state index in [4.69, 9.17) is 5.73 Å². The van der Waals surface area contributed by atoms with E-state index in [0.29, 0.717) is 18.6 Å². The van der Waals surface area contributed by atoms with Gasteiger partial charge in [0, 0.05) is 44.5 Å². The van der Waals surface area contributed by atoms with Crippen LogP contribution in [-0.2, 0) is 13.1 Å². The first-order valence-corrected chi connectivity index (χ1v) is 6.63. The molecule has 2 rings (SSSR count). The smallest absolute Gasteiger partial charge is 0.0962 e. The van der Waals surface area contributed by atoms with Crippen molar-refractivity contribution in [2.24, 2.45) is 5.73 Å². The van der Waals surface area contributed by atoms with Crippen LogP contribution < -0.4 is 5.73 Å². The standard InChI is InChI=1S/C12H24N6/c1-10-7-17(8-11(2)16(10)3)4-5-18-9-12(6-13)14-15-18/h9-11H,4-8,13H2,1-3H3. The van der Waals surface area contributed by atoms with Crippen molar-refractivity contribution in [1.29, 1.82) is 0 Å². The Morgan fingerprint density at radius 2 is 1.94 bits per heavy atom. The lowest BCUT2D eigenvalue weighted by atomic mass is 10.1. The molecule has 0 amide bonds. The van der Waals surface area contributed by atoms with Gasteiger partial charge in [0.2, 0.25) is 0 Å². The molecule has 1 aromatic heterocycles. The molecule has 2 N–H and O–H groups in total. The SMILES string of the molecule is CC1CN(CCn2cc(CN)nn2)CC(C)N1C. The Labute approximate surface area is 109 Å². The molecular weight excluding hydrogens is 228 g/mol. The molecule has 2 atom stereocenters. The van der Waals surface area contributed by atoms with Crippen LogP contribution >= 0.6 is 0 Å². The highest BCUT2D eigenvalue weighted by Gasteiger charge is 2.25. The van der Waals surface area contributed by atoms with E-state index >= 15 is 0 Å². The second-order valence-corrected chi connectivity index (χ2v) is 5.30. The van der Waals surface area contributed by atoms with Crippen LogP contribution in [0.15, 0.2) is 6.20 Å². The van der Waals surface area contributed by atoms with Crippen molar-refractivity contribution in [3.8, 4) is 0 Å². The minimum atomic E-state index is 0.461. The lowest BCUT2D eigenvalue weighted by Crippen LogP contribution is -2.55. The Balaban J connectivity index is 1.83. The first-order valence-electron chi connectivity index (χ1n) is 6.63. The summed E-state index contributed by atoms with van der Waals surface area (Å²) in [5, 5.41) is 8.08. The molecule has 0 bridgehead atoms. The predicted molar refractivity (Wildman–Crippen MR) is 71.0 cm³/mol. The highest BCUT2D eigenvalue weighted by atomic mass is 15.4. The van der Waals surface area contributed by atoms with Crippen molar-refractivity contribution in [2.75, 3.05) is 26.7 Å². The van der Waals surface area contributed by atoms with Crippen LogP contribution in [0.2, 0.25) is 0 Å². The number of hydrogen-bond acceptors (Lipinski definition) is 5. The molecule has 2 unspecified atom stereocenters. The summed E-state index contributed by atoms with van der Waals surface area (Å²) in [6.07, 6.45) is 1.93. The first-order chi connectivity index (χ1) is 8.60. The van der Waals surface area contributed by atoms with Crippen molar-refractivity contribution in [3.05, 3.63) is 11.9 Å². The van der Waals surface area contributed by atoms with Crippen LogP contribution in [-0.4, -0.2) is 63.6 Å². The third-order valence-electron chi connectivity index (χ3n) is 3.88. The molecular formula is C12H24N6. The van der Waals surface area contributed by atoms with Crippen molar-refractivity contribution in [3.63, 3.8) is 0 Å². The maximum absolute atomic E-state index is 5.52. The van der Waals surface area contributed by atoms with Crippen LogP contribution in [0.25, 0.3) is 0 Å². The third-order valence-corrected chi connectivity index (χ3v) is 3.88. The Kier molecular flexibility index (Phi) is 4.31. The quantitative estimate of drug-likeness (QED) is 0.801. The van der Waals surface area contributed by atoms with Gasteiger partial charge in [0.15, 0.2) is 0 Å². The second-order valence-electron chi connectivity index (χ2n) is 5.30. The summed E-state index contributed by atoms with van der Waals surface area (Å²) in [5.74, 6) is 0. The summed E-state index contributed by atoms with van der Waals surface area (Å²) in [4.78, 5) is 4.94. The number of nitrogens with two attached hydrogens (primary N) is 1. The fourth-order valence-corrected chi connectivity index (χ4v) is 2.48. The molecule has 0 aromatic carbocycles. The molecule has 1 fully saturated rings. The molecule has 1 aliphatic rings. The van der Waals surface area contributed by atoms with E-state index in [-0.39, 0.29) is 0 Å². The summed E-state index contributed by atoms with van der Waals surface area (Å²) in [6.45, 7) is 9.18. The van der Waals surface area contributed by atoms with Crippen LogP contribution in [0.3, 0.4) is 0 Å². The Morgan fingerprint density at radius 3 is 2.50 bits per heavy atom. The maximum Gasteiger partial charge on any atom is 0.0962 e. The van der Waals surface area contributed by atoms with E-state index in [1.54, 1.807) is 0 Å². The molecule has 18 heavy (non-hydrogen) atoms. The minimum Gasteiger partial charge on any atom is -0.325 e. The molecule has 1 aliphatic heterocycles. The molecule has 6 nitrogen and oxygen atoms in total. The number of rotatable bonds is 4. The van der Waals surface area contributed by atoms with Gasteiger partial charge in [-0.1, -0.05) is 5.21 Å². The topological polar surface area (TPSA) is 63.2 Å². The predicted octanol–water partition coefficient (Wildman–Crippen LogP) is -0.239. The molecule has 1 aromatic rings. The van der Waals surface area contributed by atoms with Crippen LogP contribution in [0.5, 0.6) is 0 Å². The summed E-state index contributed by atoms with van der Waals surface area (Å²) >= 11 is 0. The van der Waals surface area contributed by atoms with Crippen molar-refractivity contribution in [1.82, 2.24) is 24.8 Å². The average molecular weight is 252 g/mol. The molecule has 0 radical (unpaired) electrons. The van der Waals surface area contributed by atoms with E-state index in [1.165, 1.54) is 0 Å². The van der Waals surface area contributed by atoms with Crippen LogP contribution in [0.4, 0.5) is 0 Å². The minimum absolute atomic E-state index is 0.461. The number of hydrogen-bond donors (Lipinski definition) is 1. The molecule has 2 heterocycles. The maximum atomic E-state index is 5.52. The van der Waals surface area contributed by atoms with Gasteiger partial charge in [-0.05, 0) is 20.9 Å². The lowest BCUT2D eigenvalue weighted by molar-refractivity contribution is 0.0574. The fraction of sp³-hybridized carbons (Fsp3) is 0.833. The van der Waals surface area contributed by atoms with Gasteiger partial charge in [-0.3, -0.25) is 14.5 Å². The van der Waals surface area contributed by atoms with Gasteiger partial charge in [-0.2, -0.15) is 0 Å². The summed E-state index contributed by atoms with van der Waals surface area (Å²) < 4.78 is 1.88. The molecule has 1 saturated heterocycles. The first kappa shape index (κ1) is 13.5. The Morgan fingerprint density at radius 1 is 1.28 bits per heavy atom. The Hall–Kier alpha value is -0.980.